The third-order valence-corrected chi connectivity index (χ3v) is 10.6. The quantitative estimate of drug-likeness (QED) is 0.106. The molecule has 0 saturated heterocycles. The number of likely N-dealkylation sites (N-methyl/N-ethyl adjacent to an activating group) is 1. The van der Waals surface area contributed by atoms with Gasteiger partial charge in [0.05, 0.1) is 50.5 Å². The number of hydrogen-bond donors (Lipinski definition) is 4. The van der Waals surface area contributed by atoms with Crippen LogP contribution in [-0.4, -0.2) is 87.5 Å². The number of nitrogens with one attached hydrogen (secondary N) is 4. The summed E-state index contributed by atoms with van der Waals surface area (Å²) in [6.45, 7) is 4.00. The summed E-state index contributed by atoms with van der Waals surface area (Å²) in [7, 11) is 3.08. The summed E-state index contributed by atoms with van der Waals surface area (Å²) in [6, 6.07) is 21.4. The first-order valence-corrected chi connectivity index (χ1v) is 18.5. The van der Waals surface area contributed by atoms with Crippen molar-refractivity contribution < 1.29 is 19.1 Å². The van der Waals surface area contributed by atoms with Crippen LogP contribution >= 0.6 is 0 Å². The van der Waals surface area contributed by atoms with Gasteiger partial charge in [-0.05, 0) is 77.7 Å². The van der Waals surface area contributed by atoms with Gasteiger partial charge in [-0.2, -0.15) is 0 Å². The molecule has 0 spiro atoms. The van der Waals surface area contributed by atoms with Crippen LogP contribution in [0.4, 0.5) is 4.79 Å². The molecule has 12 heteroatoms. The first-order valence-electron chi connectivity index (χ1n) is 18.5. The number of ether oxygens (including phenoxy) is 1. The highest BCUT2D eigenvalue weighted by Crippen LogP contribution is 2.45. The number of nitrogens with zero attached hydrogens (tertiary/aromatic N) is 4. The maximum atomic E-state index is 13.1. The fourth-order valence-electron chi connectivity index (χ4n) is 7.24. The van der Waals surface area contributed by atoms with Crippen molar-refractivity contribution in [1.29, 1.82) is 0 Å². The molecule has 2 aromatic heterocycles. The molecule has 0 aliphatic heterocycles. The van der Waals surface area contributed by atoms with Crippen molar-refractivity contribution in [2.24, 2.45) is 5.41 Å². The monoisotopic (exact) mass is 716 g/mol. The molecule has 2 heterocycles. The number of amides is 3. The predicted octanol–water partition coefficient (Wildman–Crippen LogP) is 6.26. The Balaban J connectivity index is 1.01. The van der Waals surface area contributed by atoms with Crippen LogP contribution in [0.15, 0.2) is 73.1 Å². The van der Waals surface area contributed by atoms with E-state index in [0.29, 0.717) is 25.5 Å². The van der Waals surface area contributed by atoms with Gasteiger partial charge in [0.15, 0.2) is 0 Å². The number of methoxy groups -OCH3 is 1. The predicted molar refractivity (Wildman–Crippen MR) is 204 cm³/mol. The lowest BCUT2D eigenvalue weighted by molar-refractivity contribution is -0.133. The lowest BCUT2D eigenvalue weighted by atomic mass is 9.98. The van der Waals surface area contributed by atoms with E-state index in [-0.39, 0.29) is 29.8 Å². The summed E-state index contributed by atoms with van der Waals surface area (Å²) in [5, 5.41) is 7.73. The molecular formula is C41H48N8O4. The van der Waals surface area contributed by atoms with E-state index < -0.39 is 6.09 Å². The summed E-state index contributed by atoms with van der Waals surface area (Å²) in [5.74, 6) is 1.42. The molecule has 3 aromatic carbocycles. The molecule has 3 amide bonds. The maximum absolute atomic E-state index is 13.1. The van der Waals surface area contributed by atoms with Crippen molar-refractivity contribution in [2.45, 2.75) is 64.6 Å². The second kappa shape index (κ2) is 15.6. The lowest BCUT2D eigenvalue weighted by Gasteiger charge is -2.28. The summed E-state index contributed by atoms with van der Waals surface area (Å²) in [6.07, 6.45) is 9.40. The molecule has 5 aromatic rings. The Morgan fingerprint density at radius 3 is 2.02 bits per heavy atom. The van der Waals surface area contributed by atoms with E-state index in [0.717, 1.165) is 95.3 Å². The third-order valence-electron chi connectivity index (χ3n) is 10.6. The van der Waals surface area contributed by atoms with Crippen molar-refractivity contribution in [3.63, 3.8) is 0 Å². The van der Waals surface area contributed by atoms with Crippen LogP contribution in [0.25, 0.3) is 44.4 Å². The number of hydrogen-bond acceptors (Lipinski definition) is 7. The van der Waals surface area contributed by atoms with Crippen molar-refractivity contribution in [3.8, 4) is 33.6 Å². The van der Waals surface area contributed by atoms with Gasteiger partial charge in [0.25, 0.3) is 0 Å². The number of carbonyl (C=O) groups excluding carboxylic acids is 3. The van der Waals surface area contributed by atoms with Crippen LogP contribution in [0.1, 0.15) is 57.1 Å². The Kier molecular flexibility index (Phi) is 10.6. The SMILES string of the molecule is CNCC(=O)N(Cc1ncc(-c2ccc(-c3ccc4cc(-c5cnc(CN(C(=O)CNC(=O)OC)C6CCCC6)[nH]5)ccc4c3)cc2)[nH]1)CC1(C)CC1. The summed E-state index contributed by atoms with van der Waals surface area (Å²) in [5.41, 5.74) is 6.30. The molecule has 2 fully saturated rings. The molecule has 0 atom stereocenters. The van der Waals surface area contributed by atoms with Crippen LogP contribution in [0.2, 0.25) is 0 Å². The average molecular weight is 717 g/mol. The van der Waals surface area contributed by atoms with Gasteiger partial charge in [-0.25, -0.2) is 14.8 Å². The Labute approximate surface area is 309 Å². The smallest absolute Gasteiger partial charge is 0.407 e. The zero-order valence-electron chi connectivity index (χ0n) is 30.7. The van der Waals surface area contributed by atoms with Crippen LogP contribution in [-0.2, 0) is 27.4 Å². The topological polar surface area (TPSA) is 148 Å². The first kappa shape index (κ1) is 35.9. The summed E-state index contributed by atoms with van der Waals surface area (Å²) < 4.78 is 4.63. The zero-order chi connectivity index (χ0) is 37.0. The Morgan fingerprint density at radius 2 is 1.38 bits per heavy atom. The normalized spacial score (nSPS) is 15.0. The number of imidazole rings is 2. The highest BCUT2D eigenvalue weighted by atomic mass is 16.5. The molecule has 2 aliphatic carbocycles. The fourth-order valence-corrected chi connectivity index (χ4v) is 7.24. The van der Waals surface area contributed by atoms with Crippen molar-refractivity contribution in [3.05, 3.63) is 84.7 Å². The summed E-state index contributed by atoms with van der Waals surface area (Å²) in [4.78, 5) is 57.3. The van der Waals surface area contributed by atoms with E-state index in [1.54, 1.807) is 7.05 Å². The Bertz CT molecular complexity index is 2080. The molecule has 2 saturated carbocycles. The van der Waals surface area contributed by atoms with Gasteiger partial charge in [-0.15, -0.1) is 0 Å². The second-order valence-corrected chi connectivity index (χ2v) is 14.7. The van der Waals surface area contributed by atoms with Gasteiger partial charge in [0.2, 0.25) is 11.8 Å². The summed E-state index contributed by atoms with van der Waals surface area (Å²) >= 11 is 0. The molecule has 7 rings (SSSR count). The van der Waals surface area contributed by atoms with Crippen LogP contribution in [0.5, 0.6) is 0 Å². The van der Waals surface area contributed by atoms with Crippen LogP contribution in [0, 0.1) is 5.41 Å². The highest BCUT2D eigenvalue weighted by molar-refractivity contribution is 5.90. The van der Waals surface area contributed by atoms with Gasteiger partial charge in [0, 0.05) is 18.2 Å². The van der Waals surface area contributed by atoms with E-state index in [4.69, 9.17) is 0 Å². The molecule has 53 heavy (non-hydrogen) atoms. The van der Waals surface area contributed by atoms with Gasteiger partial charge < -0.3 is 35.1 Å². The van der Waals surface area contributed by atoms with Gasteiger partial charge >= 0.3 is 6.09 Å². The van der Waals surface area contributed by atoms with Crippen LogP contribution in [0.3, 0.4) is 0 Å². The molecule has 0 radical (unpaired) electrons. The van der Waals surface area contributed by atoms with Crippen molar-refractivity contribution >= 4 is 28.7 Å². The average Bonchev–Trinajstić information content (AvgIpc) is 3.64. The van der Waals surface area contributed by atoms with E-state index in [1.807, 2.05) is 22.2 Å². The first-order chi connectivity index (χ1) is 25.7. The molecular weight excluding hydrogens is 669 g/mol. The number of rotatable bonds is 14. The van der Waals surface area contributed by atoms with Crippen molar-refractivity contribution in [2.75, 3.05) is 33.8 Å². The van der Waals surface area contributed by atoms with E-state index in [1.165, 1.54) is 7.11 Å². The highest BCUT2D eigenvalue weighted by Gasteiger charge is 2.40. The Morgan fingerprint density at radius 1 is 0.792 bits per heavy atom. The minimum absolute atomic E-state index is 0.0875. The fraction of sp³-hybridized carbons (Fsp3) is 0.390. The van der Waals surface area contributed by atoms with Gasteiger partial charge in [0.1, 0.15) is 18.2 Å². The number of carbonyl (C=O) groups is 3. The molecule has 4 N–H and O–H groups in total. The minimum Gasteiger partial charge on any atom is -0.453 e. The number of benzene rings is 3. The van der Waals surface area contributed by atoms with Gasteiger partial charge in [-0.1, -0.05) is 68.3 Å². The number of fused-ring (bicyclic) bond motifs is 1. The third kappa shape index (κ3) is 8.60. The van der Waals surface area contributed by atoms with E-state index in [2.05, 4.69) is 103 Å². The Hall–Kier alpha value is -5.49. The van der Waals surface area contributed by atoms with Crippen molar-refractivity contribution in [1.82, 2.24) is 40.4 Å². The molecule has 12 nitrogen and oxygen atoms in total. The largest absolute Gasteiger partial charge is 0.453 e. The second-order valence-electron chi connectivity index (χ2n) is 14.7. The minimum atomic E-state index is -0.622. The van der Waals surface area contributed by atoms with E-state index >= 15 is 0 Å². The van der Waals surface area contributed by atoms with E-state index in [9.17, 15) is 14.4 Å². The number of H-pyrrole nitrogens is 2. The number of aromatic amines is 2. The zero-order valence-corrected chi connectivity index (χ0v) is 30.7. The van der Waals surface area contributed by atoms with Crippen LogP contribution < -0.4 is 10.6 Å². The molecule has 0 bridgehead atoms. The van der Waals surface area contributed by atoms with Gasteiger partial charge in [-0.3, -0.25) is 9.59 Å². The molecule has 0 unspecified atom stereocenters. The lowest BCUT2D eigenvalue weighted by Crippen LogP contribution is -2.44. The number of alkyl carbamates (subject to hydrolysis) is 1. The molecule has 276 valence electrons. The standard InChI is InChI=1S/C41H48N8O4/c1-41(16-17-41)26-48(38(50)22-42-2)24-36-43-20-34(46-36)28-10-8-27(9-11-28)29-12-13-31-19-32(15-14-30(31)18-29)35-21-44-37(47-35)25-49(33-6-4-5-7-33)39(51)23-45-40(52)53-3/h8-15,18-21,33,42H,4-7,16-17,22-26H2,1-3H3,(H,43,46)(H,44,47)(H,45,52). The molecule has 2 aliphatic rings. The number of aromatic nitrogens is 4. The maximum Gasteiger partial charge on any atom is 0.407 e.